The third kappa shape index (κ3) is 4.26. The fourth-order valence-corrected chi connectivity index (χ4v) is 5.38. The van der Waals surface area contributed by atoms with Crippen LogP contribution in [-0.2, 0) is 12.2 Å². The second-order valence-corrected chi connectivity index (χ2v) is 9.15. The van der Waals surface area contributed by atoms with Gasteiger partial charge in [0.1, 0.15) is 9.92 Å². The number of hydrogen-bond donors (Lipinski definition) is 1. The maximum absolute atomic E-state index is 12.8. The van der Waals surface area contributed by atoms with Crippen LogP contribution in [0.1, 0.15) is 26.7 Å². The first kappa shape index (κ1) is 18.3. The Hall–Kier alpha value is -2.09. The lowest BCUT2D eigenvalue weighted by atomic mass is 10.1. The molecule has 0 spiro atoms. The number of thioether (sulfide) groups is 1. The molecule has 0 aliphatic rings. The van der Waals surface area contributed by atoms with Gasteiger partial charge in [-0.2, -0.15) is 0 Å². The summed E-state index contributed by atoms with van der Waals surface area (Å²) in [5.41, 5.74) is 2.69. The first-order valence-electron chi connectivity index (χ1n) is 8.56. The van der Waals surface area contributed by atoms with Crippen LogP contribution in [0.15, 0.2) is 55.9 Å². The molecule has 1 N–H and O–H groups in total. The van der Waals surface area contributed by atoms with Gasteiger partial charge in [0, 0.05) is 39.2 Å². The smallest absolute Gasteiger partial charge is 0.287 e. The molecule has 27 heavy (non-hydrogen) atoms. The van der Waals surface area contributed by atoms with Crippen molar-refractivity contribution in [3.63, 3.8) is 0 Å². The summed E-state index contributed by atoms with van der Waals surface area (Å²) >= 11 is 4.96. The average Bonchev–Trinajstić information content (AvgIpc) is 3.40. The number of nitrogens with one attached hydrogen (secondary N) is 1. The Bertz CT molecular complexity index is 1050. The van der Waals surface area contributed by atoms with Gasteiger partial charge in [0.05, 0.1) is 0 Å². The van der Waals surface area contributed by atoms with E-state index in [2.05, 4.69) is 16.4 Å². The molecule has 0 radical (unpaired) electrons. The summed E-state index contributed by atoms with van der Waals surface area (Å²) < 4.78 is 6.90. The molecule has 0 fully saturated rings. The normalized spacial score (nSPS) is 11.1. The van der Waals surface area contributed by atoms with Gasteiger partial charge >= 0.3 is 0 Å². The Morgan fingerprint density at radius 1 is 1.22 bits per heavy atom. The summed E-state index contributed by atoms with van der Waals surface area (Å²) in [6.07, 6.45) is 0.826. The number of thiophene rings is 1. The molecule has 0 saturated heterocycles. The highest BCUT2D eigenvalue weighted by atomic mass is 32.2. The molecular formula is C20H18N2O2S3. The van der Waals surface area contributed by atoms with Crippen LogP contribution in [-0.4, -0.2) is 17.4 Å². The summed E-state index contributed by atoms with van der Waals surface area (Å²) in [6.45, 7) is 2.58. The van der Waals surface area contributed by atoms with E-state index in [1.54, 1.807) is 34.4 Å². The van der Waals surface area contributed by atoms with Gasteiger partial charge in [-0.05, 0) is 30.9 Å². The molecule has 3 heterocycles. The SMILES string of the molecule is Cc1csc(SCc2c(C(=O)NCCc3cccs3)oc3ccccc23)n1. The largest absolute Gasteiger partial charge is 0.451 e. The molecule has 0 saturated carbocycles. The predicted molar refractivity (Wildman–Crippen MR) is 113 cm³/mol. The van der Waals surface area contributed by atoms with Crippen LogP contribution in [0, 0.1) is 6.92 Å². The van der Waals surface area contributed by atoms with E-state index < -0.39 is 0 Å². The molecular weight excluding hydrogens is 396 g/mol. The lowest BCUT2D eigenvalue weighted by Crippen LogP contribution is -2.25. The minimum Gasteiger partial charge on any atom is -0.451 e. The predicted octanol–water partition coefficient (Wildman–Crippen LogP) is 5.52. The van der Waals surface area contributed by atoms with Crippen molar-refractivity contribution < 1.29 is 9.21 Å². The van der Waals surface area contributed by atoms with Crippen LogP contribution in [0.3, 0.4) is 0 Å². The summed E-state index contributed by atoms with van der Waals surface area (Å²) in [5, 5.41) is 8.06. The van der Waals surface area contributed by atoms with Gasteiger partial charge in [-0.25, -0.2) is 4.98 Å². The summed E-state index contributed by atoms with van der Waals surface area (Å²) in [6, 6.07) is 11.9. The Morgan fingerprint density at radius 3 is 2.89 bits per heavy atom. The number of rotatable bonds is 7. The van der Waals surface area contributed by atoms with Gasteiger partial charge in [0.25, 0.3) is 5.91 Å². The van der Waals surface area contributed by atoms with Crippen molar-refractivity contribution in [1.82, 2.24) is 10.3 Å². The minimum absolute atomic E-state index is 0.159. The van der Waals surface area contributed by atoms with Crippen molar-refractivity contribution in [2.75, 3.05) is 6.54 Å². The molecule has 0 atom stereocenters. The van der Waals surface area contributed by atoms with Crippen LogP contribution in [0.2, 0.25) is 0 Å². The van der Waals surface area contributed by atoms with E-state index in [0.717, 1.165) is 33.0 Å². The molecule has 0 unspecified atom stereocenters. The number of fused-ring (bicyclic) bond motifs is 1. The lowest BCUT2D eigenvalue weighted by molar-refractivity contribution is 0.0927. The van der Waals surface area contributed by atoms with Gasteiger partial charge in [-0.3, -0.25) is 4.79 Å². The first-order valence-corrected chi connectivity index (χ1v) is 11.3. The molecule has 1 aromatic carbocycles. The molecule has 0 aliphatic carbocycles. The zero-order valence-electron chi connectivity index (χ0n) is 14.7. The van der Waals surface area contributed by atoms with E-state index in [0.29, 0.717) is 18.1 Å². The highest BCUT2D eigenvalue weighted by Crippen LogP contribution is 2.33. The molecule has 4 aromatic rings. The molecule has 3 aromatic heterocycles. The second kappa shape index (κ2) is 8.29. The topological polar surface area (TPSA) is 55.1 Å². The highest BCUT2D eigenvalue weighted by Gasteiger charge is 2.20. The maximum atomic E-state index is 12.8. The first-order chi connectivity index (χ1) is 13.2. The molecule has 1 amide bonds. The van der Waals surface area contributed by atoms with Crippen molar-refractivity contribution in [2.45, 2.75) is 23.4 Å². The Balaban J connectivity index is 1.52. The monoisotopic (exact) mass is 414 g/mol. The number of carbonyl (C=O) groups is 1. The number of aromatic nitrogens is 1. The summed E-state index contributed by atoms with van der Waals surface area (Å²) in [7, 11) is 0. The molecule has 0 aliphatic heterocycles. The number of benzene rings is 1. The number of nitrogens with zero attached hydrogens (tertiary/aromatic N) is 1. The summed E-state index contributed by atoms with van der Waals surface area (Å²) in [5.74, 6) is 0.898. The number of thiazole rings is 1. The van der Waals surface area contributed by atoms with Crippen molar-refractivity contribution in [1.29, 1.82) is 0 Å². The van der Waals surface area contributed by atoms with E-state index in [-0.39, 0.29) is 5.91 Å². The number of para-hydroxylation sites is 1. The molecule has 0 bridgehead atoms. The van der Waals surface area contributed by atoms with Gasteiger partial charge in [0.2, 0.25) is 0 Å². The van der Waals surface area contributed by atoms with Crippen molar-refractivity contribution >= 4 is 51.3 Å². The number of hydrogen-bond acceptors (Lipinski definition) is 6. The van der Waals surface area contributed by atoms with Gasteiger partial charge in [-0.15, -0.1) is 22.7 Å². The Labute approximate surface area is 169 Å². The minimum atomic E-state index is -0.159. The van der Waals surface area contributed by atoms with Crippen LogP contribution < -0.4 is 5.32 Å². The second-order valence-electron chi connectivity index (χ2n) is 6.03. The van der Waals surface area contributed by atoms with Gasteiger partial charge < -0.3 is 9.73 Å². The van der Waals surface area contributed by atoms with Crippen molar-refractivity contribution in [3.05, 3.63) is 69.1 Å². The third-order valence-electron chi connectivity index (χ3n) is 4.08. The maximum Gasteiger partial charge on any atom is 0.287 e. The summed E-state index contributed by atoms with van der Waals surface area (Å²) in [4.78, 5) is 18.5. The standard InChI is InChI=1S/C20H18N2O2S3/c1-13-11-26-20(22-13)27-12-16-15-6-2-3-7-17(15)24-18(16)19(23)21-9-8-14-5-4-10-25-14/h2-7,10-11H,8-9,12H2,1H3,(H,21,23). The Kier molecular flexibility index (Phi) is 5.61. The zero-order valence-corrected chi connectivity index (χ0v) is 17.2. The lowest BCUT2D eigenvalue weighted by Gasteiger charge is -2.04. The number of carbonyl (C=O) groups excluding carboxylic acids is 1. The molecule has 4 rings (SSSR count). The average molecular weight is 415 g/mol. The van der Waals surface area contributed by atoms with Crippen LogP contribution in [0.25, 0.3) is 11.0 Å². The van der Waals surface area contributed by atoms with Crippen LogP contribution in [0.5, 0.6) is 0 Å². The van der Waals surface area contributed by atoms with E-state index in [1.807, 2.05) is 48.0 Å². The van der Waals surface area contributed by atoms with Crippen molar-refractivity contribution in [3.8, 4) is 0 Å². The highest BCUT2D eigenvalue weighted by molar-refractivity contribution is 8.00. The van der Waals surface area contributed by atoms with Crippen LogP contribution in [0.4, 0.5) is 0 Å². The van der Waals surface area contributed by atoms with E-state index in [9.17, 15) is 4.79 Å². The fraction of sp³-hybridized carbons (Fsp3) is 0.200. The molecule has 4 nitrogen and oxygen atoms in total. The van der Waals surface area contributed by atoms with E-state index in [4.69, 9.17) is 4.42 Å². The quantitative estimate of drug-likeness (QED) is 0.404. The van der Waals surface area contributed by atoms with E-state index >= 15 is 0 Å². The Morgan fingerprint density at radius 2 is 2.11 bits per heavy atom. The molecule has 7 heteroatoms. The molecule has 138 valence electrons. The fourth-order valence-electron chi connectivity index (χ4n) is 2.79. The van der Waals surface area contributed by atoms with Crippen LogP contribution >= 0.6 is 34.4 Å². The zero-order chi connectivity index (χ0) is 18.6. The number of amides is 1. The number of furan rings is 1. The third-order valence-corrected chi connectivity index (χ3v) is 7.18. The van der Waals surface area contributed by atoms with Crippen molar-refractivity contribution in [2.24, 2.45) is 0 Å². The van der Waals surface area contributed by atoms with Gasteiger partial charge in [0.15, 0.2) is 5.76 Å². The van der Waals surface area contributed by atoms with E-state index in [1.165, 1.54) is 4.88 Å². The number of aryl methyl sites for hydroxylation is 1. The van der Waals surface area contributed by atoms with Gasteiger partial charge in [-0.1, -0.05) is 36.0 Å².